The summed E-state index contributed by atoms with van der Waals surface area (Å²) in [4.78, 5) is 5.36. The summed E-state index contributed by atoms with van der Waals surface area (Å²) in [7, 11) is 1.88. The van der Waals surface area contributed by atoms with Gasteiger partial charge in [-0.3, -0.25) is 0 Å². The average molecular weight is 269 g/mol. The summed E-state index contributed by atoms with van der Waals surface area (Å²) in [5, 5.41) is 5.62. The number of nitrogens with one attached hydrogen (secondary N) is 1. The Morgan fingerprint density at radius 2 is 2.41 bits per heavy atom. The van der Waals surface area contributed by atoms with Crippen molar-refractivity contribution in [3.05, 3.63) is 45.2 Å². The number of hydrogen-bond donors (Lipinski definition) is 1. The quantitative estimate of drug-likeness (QED) is 0.905. The fraction of sp³-hybridized carbons (Fsp3) is 0.250. The van der Waals surface area contributed by atoms with E-state index in [0.717, 1.165) is 17.0 Å². The molecule has 3 nitrogen and oxygen atoms in total. The number of pyridine rings is 1. The smallest absolute Gasteiger partial charge is 0.232 e. The molecule has 5 heteroatoms. The minimum absolute atomic E-state index is 0.486. The second-order valence-corrected chi connectivity index (χ2v) is 4.97. The van der Waals surface area contributed by atoms with Gasteiger partial charge >= 0.3 is 0 Å². The molecule has 0 amide bonds. The van der Waals surface area contributed by atoms with E-state index in [1.165, 1.54) is 0 Å². The Morgan fingerprint density at radius 1 is 1.53 bits per heavy atom. The minimum Gasteiger partial charge on any atom is -0.471 e. The maximum absolute atomic E-state index is 6.09. The standard InChI is InChI=1S/C12H13ClN2OS/c1-14-6-9-5-11(13)12(15-7-9)16-8-10-3-2-4-17-10/h2-5,7,14H,6,8H2,1H3. The van der Waals surface area contributed by atoms with Crippen molar-refractivity contribution in [2.45, 2.75) is 13.2 Å². The molecule has 0 saturated carbocycles. The third-order valence-electron chi connectivity index (χ3n) is 2.18. The normalized spacial score (nSPS) is 10.5. The molecule has 0 aliphatic carbocycles. The molecule has 0 saturated heterocycles. The summed E-state index contributed by atoms with van der Waals surface area (Å²) in [6.45, 7) is 1.26. The fourth-order valence-electron chi connectivity index (χ4n) is 1.41. The van der Waals surface area contributed by atoms with Crippen LogP contribution in [0, 0.1) is 0 Å². The van der Waals surface area contributed by atoms with Crippen LogP contribution in [0.1, 0.15) is 10.4 Å². The lowest BCUT2D eigenvalue weighted by atomic mass is 10.3. The molecule has 0 aliphatic heterocycles. The summed E-state index contributed by atoms with van der Waals surface area (Å²) in [6, 6.07) is 5.89. The highest BCUT2D eigenvalue weighted by Gasteiger charge is 2.05. The number of rotatable bonds is 5. The van der Waals surface area contributed by atoms with Crippen molar-refractivity contribution >= 4 is 22.9 Å². The molecule has 0 unspecified atom stereocenters. The summed E-state index contributed by atoms with van der Waals surface area (Å²) < 4.78 is 5.56. The topological polar surface area (TPSA) is 34.2 Å². The molecule has 2 heterocycles. The Labute approximate surface area is 109 Å². The van der Waals surface area contributed by atoms with Crippen molar-refractivity contribution in [1.82, 2.24) is 10.3 Å². The van der Waals surface area contributed by atoms with Crippen molar-refractivity contribution in [1.29, 1.82) is 0 Å². The first-order valence-corrected chi connectivity index (χ1v) is 6.49. The van der Waals surface area contributed by atoms with Crippen LogP contribution in [0.4, 0.5) is 0 Å². The molecular weight excluding hydrogens is 256 g/mol. The number of hydrogen-bond acceptors (Lipinski definition) is 4. The van der Waals surface area contributed by atoms with Crippen LogP contribution < -0.4 is 10.1 Å². The van der Waals surface area contributed by atoms with Crippen LogP contribution in [0.2, 0.25) is 5.02 Å². The molecule has 2 rings (SSSR count). The predicted molar refractivity (Wildman–Crippen MR) is 70.7 cm³/mol. The molecule has 0 radical (unpaired) electrons. The number of aromatic nitrogens is 1. The molecule has 0 bridgehead atoms. The van der Waals surface area contributed by atoms with Crippen LogP contribution in [-0.2, 0) is 13.2 Å². The third kappa shape index (κ3) is 3.43. The number of thiophene rings is 1. The summed E-state index contributed by atoms with van der Waals surface area (Å²) in [5.41, 5.74) is 1.04. The molecule has 2 aromatic rings. The Morgan fingerprint density at radius 3 is 3.06 bits per heavy atom. The molecule has 17 heavy (non-hydrogen) atoms. The molecule has 90 valence electrons. The summed E-state index contributed by atoms with van der Waals surface area (Å²) in [6.07, 6.45) is 1.77. The van der Waals surface area contributed by atoms with Gasteiger partial charge in [0.25, 0.3) is 0 Å². The molecular formula is C12H13ClN2OS. The van der Waals surface area contributed by atoms with E-state index < -0.39 is 0 Å². The van der Waals surface area contributed by atoms with Gasteiger partial charge in [0.15, 0.2) is 0 Å². The molecule has 0 aliphatic rings. The molecule has 0 fully saturated rings. The molecule has 2 aromatic heterocycles. The van der Waals surface area contributed by atoms with Crippen molar-refractivity contribution in [3.63, 3.8) is 0 Å². The van der Waals surface area contributed by atoms with Gasteiger partial charge in [-0.1, -0.05) is 17.7 Å². The van der Waals surface area contributed by atoms with Crippen molar-refractivity contribution < 1.29 is 4.74 Å². The van der Waals surface area contributed by atoms with Gasteiger partial charge in [0.1, 0.15) is 11.6 Å². The molecule has 0 spiro atoms. The first kappa shape index (κ1) is 12.4. The van der Waals surface area contributed by atoms with Crippen LogP contribution in [0.5, 0.6) is 5.88 Å². The van der Waals surface area contributed by atoms with Gasteiger partial charge in [-0.2, -0.15) is 0 Å². The third-order valence-corrected chi connectivity index (χ3v) is 3.30. The van der Waals surface area contributed by atoms with Crippen LogP contribution in [0.15, 0.2) is 29.8 Å². The highest BCUT2D eigenvalue weighted by molar-refractivity contribution is 7.09. The van der Waals surface area contributed by atoms with E-state index in [0.29, 0.717) is 17.5 Å². The molecule has 0 aromatic carbocycles. The summed E-state index contributed by atoms with van der Waals surface area (Å²) >= 11 is 7.75. The fourth-order valence-corrected chi connectivity index (χ4v) is 2.27. The van der Waals surface area contributed by atoms with E-state index in [1.54, 1.807) is 17.5 Å². The Bertz CT molecular complexity index is 473. The van der Waals surface area contributed by atoms with Gasteiger partial charge in [-0.05, 0) is 30.1 Å². The lowest BCUT2D eigenvalue weighted by molar-refractivity contribution is 0.297. The first-order valence-electron chi connectivity index (χ1n) is 5.24. The number of nitrogens with zero attached hydrogens (tertiary/aromatic N) is 1. The van der Waals surface area contributed by atoms with E-state index in [-0.39, 0.29) is 0 Å². The Kier molecular flexibility index (Phi) is 4.36. The van der Waals surface area contributed by atoms with Crippen molar-refractivity contribution in [3.8, 4) is 5.88 Å². The number of halogens is 1. The second kappa shape index (κ2) is 6.00. The van der Waals surface area contributed by atoms with E-state index in [4.69, 9.17) is 16.3 Å². The van der Waals surface area contributed by atoms with E-state index in [1.807, 2.05) is 30.6 Å². The lowest BCUT2D eigenvalue weighted by Gasteiger charge is -2.07. The molecule has 0 atom stereocenters. The maximum Gasteiger partial charge on any atom is 0.232 e. The van der Waals surface area contributed by atoms with Gasteiger partial charge in [-0.15, -0.1) is 11.3 Å². The van der Waals surface area contributed by atoms with Crippen LogP contribution in [0.3, 0.4) is 0 Å². The zero-order valence-corrected chi connectivity index (χ0v) is 11.0. The van der Waals surface area contributed by atoms with Crippen LogP contribution in [0.25, 0.3) is 0 Å². The first-order chi connectivity index (χ1) is 8.29. The van der Waals surface area contributed by atoms with Crippen LogP contribution in [-0.4, -0.2) is 12.0 Å². The Hall–Kier alpha value is -1.10. The highest BCUT2D eigenvalue weighted by atomic mass is 35.5. The van der Waals surface area contributed by atoms with E-state index >= 15 is 0 Å². The van der Waals surface area contributed by atoms with Gasteiger partial charge < -0.3 is 10.1 Å². The average Bonchev–Trinajstić information content (AvgIpc) is 2.81. The molecule has 1 N–H and O–H groups in total. The van der Waals surface area contributed by atoms with Crippen molar-refractivity contribution in [2.75, 3.05) is 7.05 Å². The van der Waals surface area contributed by atoms with Gasteiger partial charge in [0, 0.05) is 17.6 Å². The SMILES string of the molecule is CNCc1cnc(OCc2cccs2)c(Cl)c1. The zero-order chi connectivity index (χ0) is 12.1. The van der Waals surface area contributed by atoms with E-state index in [9.17, 15) is 0 Å². The van der Waals surface area contributed by atoms with Gasteiger partial charge in [-0.25, -0.2) is 4.98 Å². The predicted octanol–water partition coefficient (Wildman–Crippen LogP) is 3.09. The van der Waals surface area contributed by atoms with E-state index in [2.05, 4.69) is 10.3 Å². The Balaban J connectivity index is 2.01. The minimum atomic E-state index is 0.486. The second-order valence-electron chi connectivity index (χ2n) is 3.53. The summed E-state index contributed by atoms with van der Waals surface area (Å²) in [5.74, 6) is 0.486. The maximum atomic E-state index is 6.09. The zero-order valence-electron chi connectivity index (χ0n) is 9.44. The lowest BCUT2D eigenvalue weighted by Crippen LogP contribution is -2.06. The van der Waals surface area contributed by atoms with Crippen LogP contribution >= 0.6 is 22.9 Å². The highest BCUT2D eigenvalue weighted by Crippen LogP contribution is 2.23. The van der Waals surface area contributed by atoms with Gasteiger partial charge in [0.05, 0.1) is 0 Å². The largest absolute Gasteiger partial charge is 0.471 e. The van der Waals surface area contributed by atoms with Crippen molar-refractivity contribution in [2.24, 2.45) is 0 Å². The monoisotopic (exact) mass is 268 g/mol. The van der Waals surface area contributed by atoms with Gasteiger partial charge in [0.2, 0.25) is 5.88 Å². The number of ether oxygens (including phenoxy) is 1.